The molecule has 0 fully saturated rings. The van der Waals surface area contributed by atoms with Crippen LogP contribution in [0.15, 0.2) is 30.9 Å². The average Bonchev–Trinajstić information content (AvgIpc) is 2.43. The predicted molar refractivity (Wildman–Crippen MR) is 86.7 cm³/mol. The van der Waals surface area contributed by atoms with E-state index in [1.165, 1.54) is 0 Å². The maximum atomic E-state index is 11.4. The Morgan fingerprint density at radius 2 is 2.24 bits per heavy atom. The third kappa shape index (κ3) is 7.16. The summed E-state index contributed by atoms with van der Waals surface area (Å²) in [7, 11) is 0. The molecule has 5 heteroatoms. The molecule has 0 aliphatic heterocycles. The number of carbonyl (C=O) groups is 1. The smallest absolute Gasteiger partial charge is 0.258 e. The van der Waals surface area contributed by atoms with Crippen molar-refractivity contribution in [3.8, 4) is 5.75 Å². The number of hydrogen-bond donors (Lipinski definition) is 2. The molecule has 0 aliphatic rings. The van der Waals surface area contributed by atoms with E-state index in [0.717, 1.165) is 18.7 Å². The minimum absolute atomic E-state index is 0.0570. The number of rotatable bonds is 9. The Balaban J connectivity index is 2.46. The van der Waals surface area contributed by atoms with Crippen molar-refractivity contribution < 1.29 is 9.53 Å². The highest BCUT2D eigenvalue weighted by atomic mass is 35.5. The zero-order valence-corrected chi connectivity index (χ0v) is 13.4. The Morgan fingerprint density at radius 1 is 1.48 bits per heavy atom. The summed E-state index contributed by atoms with van der Waals surface area (Å²) in [6.07, 6.45) is 1.61. The molecule has 1 aromatic carbocycles. The van der Waals surface area contributed by atoms with Crippen molar-refractivity contribution in [2.24, 2.45) is 5.92 Å². The standard InChI is InChI=1S/C16H23ClN2O2/c1-4-7-19-16(20)11-21-15-6-5-13(8-14(15)17)10-18-9-12(2)3/h4-6,8,12,18H,1,7,9-11H2,2-3H3,(H,19,20). The Hall–Kier alpha value is -1.52. The second-order valence-corrected chi connectivity index (χ2v) is 5.58. The molecule has 1 amide bonds. The summed E-state index contributed by atoms with van der Waals surface area (Å²) in [6.45, 7) is 9.94. The quantitative estimate of drug-likeness (QED) is 0.690. The zero-order valence-electron chi connectivity index (χ0n) is 12.6. The SMILES string of the molecule is C=CCNC(=O)COc1ccc(CNCC(C)C)cc1Cl. The second kappa shape index (κ2) is 9.42. The zero-order chi connectivity index (χ0) is 15.7. The number of halogens is 1. The minimum atomic E-state index is -0.200. The fraction of sp³-hybridized carbons (Fsp3) is 0.438. The van der Waals surface area contributed by atoms with E-state index in [1.54, 1.807) is 12.1 Å². The molecule has 0 bridgehead atoms. The molecule has 0 saturated heterocycles. The van der Waals surface area contributed by atoms with Crippen LogP contribution in [-0.4, -0.2) is 25.6 Å². The fourth-order valence-electron chi connectivity index (χ4n) is 1.66. The molecule has 0 saturated carbocycles. The summed E-state index contributed by atoms with van der Waals surface area (Å²) in [5.74, 6) is 0.920. The van der Waals surface area contributed by atoms with E-state index < -0.39 is 0 Å². The van der Waals surface area contributed by atoms with E-state index in [9.17, 15) is 4.79 Å². The largest absolute Gasteiger partial charge is 0.482 e. The minimum Gasteiger partial charge on any atom is -0.482 e. The molecule has 0 spiro atoms. The lowest BCUT2D eigenvalue weighted by Crippen LogP contribution is -2.28. The first kappa shape index (κ1) is 17.5. The maximum absolute atomic E-state index is 11.4. The lowest BCUT2D eigenvalue weighted by molar-refractivity contribution is -0.122. The Bertz CT molecular complexity index is 475. The van der Waals surface area contributed by atoms with Gasteiger partial charge in [-0.05, 0) is 30.2 Å². The number of carbonyl (C=O) groups excluding carboxylic acids is 1. The van der Waals surface area contributed by atoms with Crippen molar-refractivity contribution >= 4 is 17.5 Å². The topological polar surface area (TPSA) is 50.4 Å². The van der Waals surface area contributed by atoms with Gasteiger partial charge in [0.15, 0.2) is 6.61 Å². The van der Waals surface area contributed by atoms with Gasteiger partial charge >= 0.3 is 0 Å². The third-order valence-corrected chi connectivity index (χ3v) is 2.98. The van der Waals surface area contributed by atoms with Crippen LogP contribution < -0.4 is 15.4 Å². The van der Waals surface area contributed by atoms with Gasteiger partial charge in [0.05, 0.1) is 5.02 Å². The van der Waals surface area contributed by atoms with Crippen LogP contribution in [0.4, 0.5) is 0 Å². The third-order valence-electron chi connectivity index (χ3n) is 2.68. The molecule has 4 nitrogen and oxygen atoms in total. The summed E-state index contributed by atoms with van der Waals surface area (Å²) in [4.78, 5) is 11.4. The van der Waals surface area contributed by atoms with Crippen molar-refractivity contribution in [1.82, 2.24) is 10.6 Å². The number of benzene rings is 1. The lowest BCUT2D eigenvalue weighted by Gasteiger charge is -2.11. The van der Waals surface area contributed by atoms with Gasteiger partial charge in [0.1, 0.15) is 5.75 Å². The molecule has 0 aromatic heterocycles. The Morgan fingerprint density at radius 3 is 2.86 bits per heavy atom. The van der Waals surface area contributed by atoms with Gasteiger partial charge in [0.2, 0.25) is 0 Å². The van der Waals surface area contributed by atoms with E-state index in [-0.39, 0.29) is 12.5 Å². The Kier molecular flexibility index (Phi) is 7.87. The number of amides is 1. The summed E-state index contributed by atoms with van der Waals surface area (Å²) < 4.78 is 5.39. The van der Waals surface area contributed by atoms with E-state index >= 15 is 0 Å². The summed E-state index contributed by atoms with van der Waals surface area (Å²) in [6, 6.07) is 5.58. The van der Waals surface area contributed by atoms with Gasteiger partial charge in [0.25, 0.3) is 5.91 Å². The highest BCUT2D eigenvalue weighted by Gasteiger charge is 2.06. The van der Waals surface area contributed by atoms with E-state index in [0.29, 0.717) is 23.2 Å². The highest BCUT2D eigenvalue weighted by Crippen LogP contribution is 2.25. The van der Waals surface area contributed by atoms with Crippen LogP contribution in [-0.2, 0) is 11.3 Å². The molecule has 0 radical (unpaired) electrons. The van der Waals surface area contributed by atoms with E-state index in [4.69, 9.17) is 16.3 Å². The van der Waals surface area contributed by atoms with Crippen molar-refractivity contribution in [3.63, 3.8) is 0 Å². The highest BCUT2D eigenvalue weighted by molar-refractivity contribution is 6.32. The molecule has 0 aliphatic carbocycles. The Labute approximate surface area is 131 Å². The summed E-state index contributed by atoms with van der Waals surface area (Å²) >= 11 is 6.16. The maximum Gasteiger partial charge on any atom is 0.258 e. The van der Waals surface area contributed by atoms with Crippen LogP contribution in [0, 0.1) is 5.92 Å². The van der Waals surface area contributed by atoms with Gasteiger partial charge in [-0.2, -0.15) is 0 Å². The fourth-order valence-corrected chi connectivity index (χ4v) is 1.91. The van der Waals surface area contributed by atoms with Crippen LogP contribution in [0.1, 0.15) is 19.4 Å². The molecular weight excluding hydrogens is 288 g/mol. The second-order valence-electron chi connectivity index (χ2n) is 5.17. The molecule has 2 N–H and O–H groups in total. The van der Waals surface area contributed by atoms with Gasteiger partial charge < -0.3 is 15.4 Å². The van der Waals surface area contributed by atoms with Crippen molar-refractivity contribution in [1.29, 1.82) is 0 Å². The molecule has 0 unspecified atom stereocenters. The molecule has 1 rings (SSSR count). The lowest BCUT2D eigenvalue weighted by atomic mass is 10.2. The van der Waals surface area contributed by atoms with E-state index in [2.05, 4.69) is 31.1 Å². The normalized spacial score (nSPS) is 10.5. The monoisotopic (exact) mass is 310 g/mol. The molecule has 0 heterocycles. The van der Waals surface area contributed by atoms with Crippen molar-refractivity contribution in [2.75, 3.05) is 19.7 Å². The van der Waals surface area contributed by atoms with Crippen LogP contribution in [0.5, 0.6) is 5.75 Å². The first-order valence-electron chi connectivity index (χ1n) is 7.02. The summed E-state index contributed by atoms with van der Waals surface area (Å²) in [5, 5.41) is 6.49. The molecule has 0 atom stereocenters. The van der Waals surface area contributed by atoms with Crippen LogP contribution in [0.3, 0.4) is 0 Å². The molecule has 21 heavy (non-hydrogen) atoms. The van der Waals surface area contributed by atoms with Crippen LogP contribution in [0.25, 0.3) is 0 Å². The van der Waals surface area contributed by atoms with Crippen LogP contribution in [0.2, 0.25) is 5.02 Å². The van der Waals surface area contributed by atoms with E-state index in [1.807, 2.05) is 12.1 Å². The first-order chi connectivity index (χ1) is 10.0. The predicted octanol–water partition coefficient (Wildman–Crippen LogP) is 2.77. The van der Waals surface area contributed by atoms with Gasteiger partial charge in [-0.15, -0.1) is 6.58 Å². The number of nitrogens with one attached hydrogen (secondary N) is 2. The van der Waals surface area contributed by atoms with Gasteiger partial charge in [-0.3, -0.25) is 4.79 Å². The first-order valence-corrected chi connectivity index (χ1v) is 7.40. The molecule has 116 valence electrons. The molecule has 1 aromatic rings. The van der Waals surface area contributed by atoms with Crippen LogP contribution >= 0.6 is 11.6 Å². The number of hydrogen-bond acceptors (Lipinski definition) is 3. The van der Waals surface area contributed by atoms with Crippen molar-refractivity contribution in [3.05, 3.63) is 41.4 Å². The van der Waals surface area contributed by atoms with Gasteiger partial charge in [-0.1, -0.05) is 37.6 Å². The van der Waals surface area contributed by atoms with Crippen molar-refractivity contribution in [2.45, 2.75) is 20.4 Å². The molecular formula is C16H23ClN2O2. The van der Waals surface area contributed by atoms with Gasteiger partial charge in [0, 0.05) is 13.1 Å². The number of ether oxygens (including phenoxy) is 1. The summed E-state index contributed by atoms with van der Waals surface area (Å²) in [5.41, 5.74) is 1.09. The average molecular weight is 311 g/mol. The van der Waals surface area contributed by atoms with Gasteiger partial charge in [-0.25, -0.2) is 0 Å².